The third-order valence-electron chi connectivity index (χ3n) is 5.65. The summed E-state index contributed by atoms with van der Waals surface area (Å²) >= 11 is 0. The molecule has 0 spiro atoms. The van der Waals surface area contributed by atoms with Gasteiger partial charge in [0.2, 0.25) is 0 Å². The van der Waals surface area contributed by atoms with Crippen molar-refractivity contribution < 1.29 is 4.74 Å². The Balaban J connectivity index is 0.000000307. The van der Waals surface area contributed by atoms with Crippen LogP contribution in [0.4, 0.5) is 5.69 Å². The number of hydrogen-bond donors (Lipinski definition) is 0. The Morgan fingerprint density at radius 3 is 2.41 bits per heavy atom. The average Bonchev–Trinajstić information content (AvgIpc) is 3.05. The van der Waals surface area contributed by atoms with Crippen LogP contribution in [-0.2, 0) is 18.2 Å². The van der Waals surface area contributed by atoms with Gasteiger partial charge in [-0.3, -0.25) is 4.68 Å². The first-order chi connectivity index (χ1) is 13.1. The van der Waals surface area contributed by atoms with Gasteiger partial charge in [0.1, 0.15) is 0 Å². The molecule has 1 fully saturated rings. The van der Waals surface area contributed by atoms with Crippen LogP contribution in [0.2, 0.25) is 0 Å². The lowest BCUT2D eigenvalue weighted by atomic mass is 9.86. The average molecular weight is 370 g/mol. The molecule has 0 aliphatic carbocycles. The fraction of sp³-hybridized carbons (Fsp3) is 0.609. The Morgan fingerprint density at radius 1 is 1.11 bits per heavy atom. The van der Waals surface area contributed by atoms with Gasteiger partial charge >= 0.3 is 0 Å². The maximum absolute atomic E-state index is 5.42. The lowest BCUT2D eigenvalue weighted by Gasteiger charge is -2.33. The molecule has 2 aromatic rings. The van der Waals surface area contributed by atoms with E-state index in [1.165, 1.54) is 66.5 Å². The number of fused-ring (bicyclic) bond motifs is 1. The van der Waals surface area contributed by atoms with E-state index in [4.69, 9.17) is 4.74 Å². The molecule has 0 amide bonds. The molecule has 0 radical (unpaired) electrons. The maximum Gasteiger partial charge on any atom is 0.0568 e. The molecule has 1 aromatic carbocycles. The van der Waals surface area contributed by atoms with Crippen LogP contribution < -0.4 is 4.90 Å². The van der Waals surface area contributed by atoms with Crippen molar-refractivity contribution in [1.29, 1.82) is 0 Å². The number of aryl methyl sites for hydroxylation is 2. The Labute approximate surface area is 164 Å². The molecular weight excluding hydrogens is 334 g/mol. The molecule has 1 saturated heterocycles. The van der Waals surface area contributed by atoms with Crippen LogP contribution in [0.3, 0.4) is 0 Å². The van der Waals surface area contributed by atoms with Crippen LogP contribution in [0.5, 0.6) is 0 Å². The van der Waals surface area contributed by atoms with Crippen LogP contribution in [0.15, 0.2) is 24.5 Å². The van der Waals surface area contributed by atoms with Gasteiger partial charge in [-0.05, 0) is 41.7 Å². The van der Waals surface area contributed by atoms with Crippen molar-refractivity contribution in [2.24, 2.45) is 7.05 Å². The minimum absolute atomic E-state index is 0.529. The van der Waals surface area contributed by atoms with Crippen molar-refractivity contribution in [3.05, 3.63) is 35.7 Å². The fourth-order valence-corrected chi connectivity index (χ4v) is 3.90. The number of benzene rings is 1. The monoisotopic (exact) mass is 369 g/mol. The van der Waals surface area contributed by atoms with Gasteiger partial charge in [-0.25, -0.2) is 0 Å². The number of rotatable bonds is 5. The van der Waals surface area contributed by atoms with Gasteiger partial charge in [-0.15, -0.1) is 0 Å². The second-order valence-corrected chi connectivity index (χ2v) is 7.94. The van der Waals surface area contributed by atoms with E-state index >= 15 is 0 Å². The minimum Gasteiger partial charge on any atom is -0.380 e. The van der Waals surface area contributed by atoms with E-state index in [1.807, 2.05) is 17.9 Å². The first-order valence-electron chi connectivity index (χ1n) is 10.6. The predicted molar refractivity (Wildman–Crippen MR) is 114 cm³/mol. The van der Waals surface area contributed by atoms with Crippen LogP contribution in [0, 0.1) is 0 Å². The highest BCUT2D eigenvalue weighted by Gasteiger charge is 2.27. The molecule has 27 heavy (non-hydrogen) atoms. The summed E-state index contributed by atoms with van der Waals surface area (Å²) in [6, 6.07) is 4.78. The quantitative estimate of drug-likeness (QED) is 0.681. The normalized spacial score (nSPS) is 16.4. The molecule has 0 N–H and O–H groups in total. The van der Waals surface area contributed by atoms with Gasteiger partial charge in [0.25, 0.3) is 0 Å². The Hall–Kier alpha value is -1.81. The zero-order valence-corrected chi connectivity index (χ0v) is 17.5. The Bertz CT molecular complexity index is 729. The summed E-state index contributed by atoms with van der Waals surface area (Å²) in [4.78, 5) is 2.38. The highest BCUT2D eigenvalue weighted by molar-refractivity contribution is 5.73. The van der Waals surface area contributed by atoms with Crippen LogP contribution in [-0.4, -0.2) is 36.6 Å². The third kappa shape index (κ3) is 4.73. The molecule has 4 rings (SSSR count). The van der Waals surface area contributed by atoms with E-state index in [0.29, 0.717) is 5.92 Å². The summed E-state index contributed by atoms with van der Waals surface area (Å²) < 4.78 is 7.30. The van der Waals surface area contributed by atoms with Crippen molar-refractivity contribution in [2.45, 2.75) is 58.3 Å². The summed E-state index contributed by atoms with van der Waals surface area (Å²) in [5.41, 5.74) is 6.84. The zero-order chi connectivity index (χ0) is 19.2. The Morgan fingerprint density at radius 2 is 1.85 bits per heavy atom. The number of anilines is 1. The van der Waals surface area contributed by atoms with Crippen LogP contribution in [0.1, 0.15) is 63.0 Å². The van der Waals surface area contributed by atoms with Gasteiger partial charge in [-0.2, -0.15) is 5.10 Å². The molecule has 1 aromatic heterocycles. The zero-order valence-electron chi connectivity index (χ0n) is 17.5. The highest BCUT2D eigenvalue weighted by atomic mass is 16.5. The van der Waals surface area contributed by atoms with Crippen molar-refractivity contribution in [2.75, 3.05) is 31.7 Å². The lowest BCUT2D eigenvalue weighted by molar-refractivity contribution is 0.00865. The number of nitrogens with zero attached hydrogens (tertiary/aromatic N) is 3. The minimum atomic E-state index is 0.529. The van der Waals surface area contributed by atoms with Crippen molar-refractivity contribution in [3.8, 4) is 11.1 Å². The molecule has 148 valence electrons. The van der Waals surface area contributed by atoms with Gasteiger partial charge in [0, 0.05) is 44.0 Å². The largest absolute Gasteiger partial charge is 0.380 e. The molecule has 4 heteroatoms. The topological polar surface area (TPSA) is 30.3 Å². The number of unbranched alkanes of at least 4 members (excludes halogenated alkanes) is 3. The SMILES string of the molecule is CCCCCC.CN1CCCc2cc(-c3cnn(C)c3)c(C3COC3)cc21. The Kier molecular flexibility index (Phi) is 6.95. The van der Waals surface area contributed by atoms with Crippen LogP contribution >= 0.6 is 0 Å². The third-order valence-corrected chi connectivity index (χ3v) is 5.65. The standard InChI is InChI=1S/C17H21N3O.C6H14/c1-19-5-3-4-12-6-15(13-8-18-20(2)9-13)16(7-17(12)19)14-10-21-11-14;1-3-5-6-4-2/h6-9,14H,3-5,10-11H2,1-2H3;3-6H2,1-2H3. The molecule has 0 bridgehead atoms. The van der Waals surface area contributed by atoms with E-state index in [1.54, 1.807) is 0 Å². The van der Waals surface area contributed by atoms with Crippen molar-refractivity contribution >= 4 is 5.69 Å². The fourth-order valence-electron chi connectivity index (χ4n) is 3.90. The summed E-state index contributed by atoms with van der Waals surface area (Å²) in [6.07, 6.45) is 12.0. The summed E-state index contributed by atoms with van der Waals surface area (Å²) in [7, 11) is 4.17. The lowest BCUT2D eigenvalue weighted by Crippen LogP contribution is -2.28. The summed E-state index contributed by atoms with van der Waals surface area (Å²) in [5.74, 6) is 0.529. The van der Waals surface area contributed by atoms with E-state index in [0.717, 1.165) is 19.8 Å². The van der Waals surface area contributed by atoms with Gasteiger partial charge < -0.3 is 9.64 Å². The second kappa shape index (κ2) is 9.41. The smallest absolute Gasteiger partial charge is 0.0568 e. The first kappa shape index (κ1) is 19.9. The van der Waals surface area contributed by atoms with E-state index in [-0.39, 0.29) is 0 Å². The second-order valence-electron chi connectivity index (χ2n) is 7.94. The summed E-state index contributed by atoms with van der Waals surface area (Å²) in [5, 5.41) is 4.34. The number of ether oxygens (including phenoxy) is 1. The summed E-state index contributed by atoms with van der Waals surface area (Å²) in [6.45, 7) is 7.30. The molecule has 2 aliphatic heterocycles. The van der Waals surface area contributed by atoms with Gasteiger partial charge in [0.05, 0.1) is 19.4 Å². The molecule has 0 saturated carbocycles. The van der Waals surface area contributed by atoms with E-state index in [9.17, 15) is 0 Å². The first-order valence-corrected chi connectivity index (χ1v) is 10.6. The number of hydrogen-bond acceptors (Lipinski definition) is 3. The van der Waals surface area contributed by atoms with Crippen molar-refractivity contribution in [1.82, 2.24) is 9.78 Å². The predicted octanol–water partition coefficient (Wildman–Crippen LogP) is 5.17. The number of aromatic nitrogens is 2. The molecule has 3 heterocycles. The molecule has 0 unspecified atom stereocenters. The highest BCUT2D eigenvalue weighted by Crippen LogP contribution is 2.39. The molecule has 0 atom stereocenters. The van der Waals surface area contributed by atoms with Gasteiger partial charge in [-0.1, -0.05) is 39.5 Å². The molecular formula is C23H35N3O. The van der Waals surface area contributed by atoms with E-state index < -0.39 is 0 Å². The van der Waals surface area contributed by atoms with Gasteiger partial charge in [0.15, 0.2) is 0 Å². The molecule has 2 aliphatic rings. The maximum atomic E-state index is 5.42. The van der Waals surface area contributed by atoms with Crippen molar-refractivity contribution in [3.63, 3.8) is 0 Å². The van der Waals surface area contributed by atoms with E-state index in [2.05, 4.69) is 49.2 Å². The molecule has 4 nitrogen and oxygen atoms in total. The van der Waals surface area contributed by atoms with Crippen LogP contribution in [0.25, 0.3) is 11.1 Å².